The van der Waals surface area contributed by atoms with Gasteiger partial charge in [-0.05, 0) is 38.5 Å². The lowest BCUT2D eigenvalue weighted by Crippen LogP contribution is -2.53. The van der Waals surface area contributed by atoms with E-state index in [1.807, 2.05) is 0 Å². The maximum absolute atomic E-state index is 6.27. The fourth-order valence-corrected chi connectivity index (χ4v) is 1.86. The summed E-state index contributed by atoms with van der Waals surface area (Å²) < 4.78 is 0. The van der Waals surface area contributed by atoms with E-state index in [1.165, 1.54) is 0 Å². The third-order valence-electron chi connectivity index (χ3n) is 3.47. The number of nitrogens with two attached hydrogens (primary N) is 2. The van der Waals surface area contributed by atoms with Crippen LogP contribution in [0.3, 0.4) is 0 Å². The SMILES string of the molecule is CC(C)C1(N)CCC(C)(N)CC1. The molecule has 4 N–H and O–H groups in total. The van der Waals surface area contributed by atoms with Gasteiger partial charge in [0.2, 0.25) is 0 Å². The highest BCUT2D eigenvalue weighted by Crippen LogP contribution is 2.35. The van der Waals surface area contributed by atoms with Crippen LogP contribution in [0.5, 0.6) is 0 Å². The van der Waals surface area contributed by atoms with Crippen LogP contribution < -0.4 is 11.5 Å². The Morgan fingerprint density at radius 2 is 1.42 bits per heavy atom. The molecular weight excluding hydrogens is 148 g/mol. The maximum Gasteiger partial charge on any atom is 0.0178 e. The molecule has 0 aromatic rings. The molecule has 1 aliphatic rings. The van der Waals surface area contributed by atoms with Crippen LogP contribution in [0.1, 0.15) is 46.5 Å². The molecule has 1 rings (SSSR count). The predicted octanol–water partition coefficient (Wildman–Crippen LogP) is 1.63. The van der Waals surface area contributed by atoms with Gasteiger partial charge in [0.25, 0.3) is 0 Å². The van der Waals surface area contributed by atoms with Crippen molar-refractivity contribution < 1.29 is 0 Å². The highest BCUT2D eigenvalue weighted by Gasteiger charge is 2.37. The zero-order valence-electron chi connectivity index (χ0n) is 8.56. The second-order valence-corrected chi connectivity index (χ2v) is 5.04. The monoisotopic (exact) mass is 170 g/mol. The third kappa shape index (κ3) is 1.99. The van der Waals surface area contributed by atoms with Crippen LogP contribution in [0.15, 0.2) is 0 Å². The predicted molar refractivity (Wildman–Crippen MR) is 52.8 cm³/mol. The Bertz CT molecular complexity index is 151. The molecule has 1 aliphatic carbocycles. The Hall–Kier alpha value is -0.0800. The highest BCUT2D eigenvalue weighted by molar-refractivity contribution is 4.97. The van der Waals surface area contributed by atoms with Gasteiger partial charge in [-0.15, -0.1) is 0 Å². The van der Waals surface area contributed by atoms with Crippen LogP contribution in [0.25, 0.3) is 0 Å². The van der Waals surface area contributed by atoms with Crippen molar-refractivity contribution >= 4 is 0 Å². The average Bonchev–Trinajstić information content (AvgIpc) is 1.96. The van der Waals surface area contributed by atoms with Crippen molar-refractivity contribution in [3.8, 4) is 0 Å². The van der Waals surface area contributed by atoms with Crippen LogP contribution in [0, 0.1) is 5.92 Å². The van der Waals surface area contributed by atoms with E-state index in [0.717, 1.165) is 25.7 Å². The van der Waals surface area contributed by atoms with Gasteiger partial charge >= 0.3 is 0 Å². The van der Waals surface area contributed by atoms with Crippen molar-refractivity contribution in [1.82, 2.24) is 0 Å². The lowest BCUT2D eigenvalue weighted by atomic mass is 9.69. The van der Waals surface area contributed by atoms with Crippen LogP contribution in [0.4, 0.5) is 0 Å². The third-order valence-corrected chi connectivity index (χ3v) is 3.47. The zero-order valence-corrected chi connectivity index (χ0v) is 8.56. The van der Waals surface area contributed by atoms with Crippen molar-refractivity contribution in [2.75, 3.05) is 0 Å². The minimum Gasteiger partial charge on any atom is -0.325 e. The second-order valence-electron chi connectivity index (χ2n) is 5.04. The topological polar surface area (TPSA) is 52.0 Å². The van der Waals surface area contributed by atoms with E-state index >= 15 is 0 Å². The summed E-state index contributed by atoms with van der Waals surface area (Å²) in [5, 5.41) is 0. The van der Waals surface area contributed by atoms with Gasteiger partial charge in [0.1, 0.15) is 0 Å². The Labute approximate surface area is 75.7 Å². The van der Waals surface area contributed by atoms with Gasteiger partial charge < -0.3 is 11.5 Å². The first-order chi connectivity index (χ1) is 5.36. The van der Waals surface area contributed by atoms with E-state index in [2.05, 4.69) is 20.8 Å². The fraction of sp³-hybridized carbons (Fsp3) is 1.00. The molecule has 0 aromatic heterocycles. The molecule has 1 fully saturated rings. The summed E-state index contributed by atoms with van der Waals surface area (Å²) in [6.07, 6.45) is 4.30. The molecule has 0 amide bonds. The van der Waals surface area contributed by atoms with Crippen LogP contribution in [0.2, 0.25) is 0 Å². The summed E-state index contributed by atoms with van der Waals surface area (Å²) in [5.41, 5.74) is 12.4. The van der Waals surface area contributed by atoms with Gasteiger partial charge in [-0.25, -0.2) is 0 Å². The summed E-state index contributed by atoms with van der Waals surface area (Å²) in [5.74, 6) is 0.577. The quantitative estimate of drug-likeness (QED) is 0.628. The Balaban J connectivity index is 2.55. The van der Waals surface area contributed by atoms with Gasteiger partial charge in [-0.1, -0.05) is 13.8 Å². The lowest BCUT2D eigenvalue weighted by Gasteiger charge is -2.43. The molecule has 2 heteroatoms. The van der Waals surface area contributed by atoms with Crippen molar-refractivity contribution in [3.63, 3.8) is 0 Å². The molecule has 0 atom stereocenters. The van der Waals surface area contributed by atoms with Crippen molar-refractivity contribution in [3.05, 3.63) is 0 Å². The van der Waals surface area contributed by atoms with E-state index in [4.69, 9.17) is 11.5 Å². The fourth-order valence-electron chi connectivity index (χ4n) is 1.86. The smallest absolute Gasteiger partial charge is 0.0178 e. The van der Waals surface area contributed by atoms with E-state index in [1.54, 1.807) is 0 Å². The van der Waals surface area contributed by atoms with Gasteiger partial charge in [0.15, 0.2) is 0 Å². The first kappa shape index (κ1) is 10.0. The minimum atomic E-state index is 0.0394. The van der Waals surface area contributed by atoms with E-state index < -0.39 is 0 Å². The Kier molecular flexibility index (Phi) is 2.50. The van der Waals surface area contributed by atoms with Crippen molar-refractivity contribution in [2.24, 2.45) is 17.4 Å². The minimum absolute atomic E-state index is 0.0394. The van der Waals surface area contributed by atoms with Crippen LogP contribution in [-0.2, 0) is 0 Å². The zero-order chi connectivity index (χ0) is 9.41. The van der Waals surface area contributed by atoms with E-state index in [-0.39, 0.29) is 11.1 Å². The van der Waals surface area contributed by atoms with Gasteiger partial charge in [0, 0.05) is 11.1 Å². The lowest BCUT2D eigenvalue weighted by molar-refractivity contribution is 0.168. The summed E-state index contributed by atoms with van der Waals surface area (Å²) in [4.78, 5) is 0. The number of rotatable bonds is 1. The molecule has 0 heterocycles. The normalized spacial score (nSPS) is 43.5. The molecule has 1 saturated carbocycles. The van der Waals surface area contributed by atoms with Gasteiger partial charge in [-0.2, -0.15) is 0 Å². The molecule has 0 radical (unpaired) electrons. The summed E-state index contributed by atoms with van der Waals surface area (Å²) in [6, 6.07) is 0. The number of hydrogen-bond acceptors (Lipinski definition) is 2. The molecule has 0 aromatic carbocycles. The summed E-state index contributed by atoms with van der Waals surface area (Å²) in [7, 11) is 0. The largest absolute Gasteiger partial charge is 0.325 e. The Morgan fingerprint density at radius 3 is 1.75 bits per heavy atom. The second kappa shape index (κ2) is 3.00. The maximum atomic E-state index is 6.27. The molecule has 0 unspecified atom stereocenters. The first-order valence-electron chi connectivity index (χ1n) is 4.93. The van der Waals surface area contributed by atoms with Crippen molar-refractivity contribution in [1.29, 1.82) is 0 Å². The molecule has 0 spiro atoms. The summed E-state index contributed by atoms with van der Waals surface area (Å²) in [6.45, 7) is 6.55. The van der Waals surface area contributed by atoms with Crippen LogP contribution in [-0.4, -0.2) is 11.1 Å². The summed E-state index contributed by atoms with van der Waals surface area (Å²) >= 11 is 0. The van der Waals surface area contributed by atoms with E-state index in [0.29, 0.717) is 5.92 Å². The molecular formula is C10H22N2. The molecule has 72 valence electrons. The molecule has 0 aliphatic heterocycles. The van der Waals surface area contributed by atoms with Gasteiger partial charge in [0.05, 0.1) is 0 Å². The standard InChI is InChI=1S/C10H22N2/c1-8(2)10(12)6-4-9(3,11)5-7-10/h8H,4-7,11-12H2,1-3H3. The van der Waals surface area contributed by atoms with Crippen molar-refractivity contribution in [2.45, 2.75) is 57.5 Å². The highest BCUT2D eigenvalue weighted by atomic mass is 14.8. The average molecular weight is 170 g/mol. The first-order valence-corrected chi connectivity index (χ1v) is 4.93. The van der Waals surface area contributed by atoms with E-state index in [9.17, 15) is 0 Å². The molecule has 12 heavy (non-hydrogen) atoms. The molecule has 2 nitrogen and oxygen atoms in total. The van der Waals surface area contributed by atoms with Gasteiger partial charge in [-0.3, -0.25) is 0 Å². The van der Waals surface area contributed by atoms with Crippen LogP contribution >= 0.6 is 0 Å². The number of hydrogen-bond donors (Lipinski definition) is 2. The molecule has 0 bridgehead atoms. The molecule has 0 saturated heterocycles. The Morgan fingerprint density at radius 1 is 1.00 bits per heavy atom.